The third kappa shape index (κ3) is 4.38. The van der Waals surface area contributed by atoms with Crippen LogP contribution in [0.25, 0.3) is 6.08 Å². The van der Waals surface area contributed by atoms with E-state index in [1.165, 1.54) is 13.0 Å². The van der Waals surface area contributed by atoms with Crippen molar-refractivity contribution in [3.63, 3.8) is 0 Å². The monoisotopic (exact) mass is 291 g/mol. The number of benzene rings is 2. The summed E-state index contributed by atoms with van der Waals surface area (Å²) in [4.78, 5) is 0. The van der Waals surface area contributed by atoms with Crippen LogP contribution in [-0.4, -0.2) is 6.54 Å². The molecule has 0 unspecified atom stereocenters. The average Bonchev–Trinajstić information content (AvgIpc) is 2.45. The predicted molar refractivity (Wildman–Crippen MR) is 80.1 cm³/mol. The third-order valence-electron chi connectivity index (χ3n) is 3.08. The van der Waals surface area contributed by atoms with Crippen molar-refractivity contribution in [2.45, 2.75) is 13.1 Å². The Hall–Kier alpha value is -2.23. The van der Waals surface area contributed by atoms with Gasteiger partial charge in [-0.2, -0.15) is 13.2 Å². The van der Waals surface area contributed by atoms with Crippen LogP contribution in [-0.2, 0) is 6.18 Å². The highest BCUT2D eigenvalue weighted by Crippen LogP contribution is 2.33. The van der Waals surface area contributed by atoms with Gasteiger partial charge >= 0.3 is 6.18 Å². The van der Waals surface area contributed by atoms with Crippen LogP contribution in [0.4, 0.5) is 18.9 Å². The van der Waals surface area contributed by atoms with Gasteiger partial charge < -0.3 is 5.32 Å². The van der Waals surface area contributed by atoms with Crippen molar-refractivity contribution in [2.24, 2.45) is 0 Å². The molecule has 0 aliphatic rings. The zero-order valence-electron chi connectivity index (χ0n) is 11.6. The number of halogens is 3. The van der Waals surface area contributed by atoms with Crippen molar-refractivity contribution in [2.75, 3.05) is 11.9 Å². The molecule has 0 fully saturated rings. The Morgan fingerprint density at radius 2 is 1.76 bits per heavy atom. The fraction of sp³-hybridized carbons (Fsp3) is 0.176. The largest absolute Gasteiger partial charge is 0.416 e. The number of nitrogens with one attached hydrogen (secondary N) is 1. The van der Waals surface area contributed by atoms with Crippen molar-refractivity contribution in [1.82, 2.24) is 0 Å². The van der Waals surface area contributed by atoms with Crippen molar-refractivity contribution in [3.05, 3.63) is 71.3 Å². The molecule has 2 aromatic rings. The van der Waals surface area contributed by atoms with Gasteiger partial charge in [0.1, 0.15) is 0 Å². The van der Waals surface area contributed by atoms with Gasteiger partial charge in [0, 0.05) is 12.2 Å². The smallest absolute Gasteiger partial charge is 0.382 e. The summed E-state index contributed by atoms with van der Waals surface area (Å²) < 4.78 is 38.4. The standard InChI is InChI=1S/C17H16F3N/c1-13-9-10-15(12-16(13)17(18,19)20)21-11-5-8-14-6-3-2-4-7-14/h2-10,12,21H,11H2,1H3. The summed E-state index contributed by atoms with van der Waals surface area (Å²) in [7, 11) is 0. The van der Waals surface area contributed by atoms with Gasteiger partial charge in [-0.15, -0.1) is 0 Å². The van der Waals surface area contributed by atoms with Gasteiger partial charge in [0.25, 0.3) is 0 Å². The van der Waals surface area contributed by atoms with Crippen LogP contribution < -0.4 is 5.32 Å². The second-order valence-corrected chi connectivity index (χ2v) is 4.72. The topological polar surface area (TPSA) is 12.0 Å². The molecule has 1 nitrogen and oxygen atoms in total. The Morgan fingerprint density at radius 3 is 2.43 bits per heavy atom. The molecule has 0 bridgehead atoms. The van der Waals surface area contributed by atoms with E-state index in [0.717, 1.165) is 11.6 Å². The first-order valence-corrected chi connectivity index (χ1v) is 6.60. The third-order valence-corrected chi connectivity index (χ3v) is 3.08. The molecule has 0 spiro atoms. The number of alkyl halides is 3. The maximum atomic E-state index is 12.8. The average molecular weight is 291 g/mol. The molecule has 1 N–H and O–H groups in total. The van der Waals surface area contributed by atoms with Crippen molar-refractivity contribution >= 4 is 11.8 Å². The Balaban J connectivity index is 1.99. The number of hydrogen-bond acceptors (Lipinski definition) is 1. The van der Waals surface area contributed by atoms with Gasteiger partial charge in [-0.3, -0.25) is 0 Å². The molecule has 0 aromatic heterocycles. The Labute approximate surface area is 122 Å². The highest BCUT2D eigenvalue weighted by atomic mass is 19.4. The van der Waals surface area contributed by atoms with Crippen molar-refractivity contribution in [3.8, 4) is 0 Å². The van der Waals surface area contributed by atoms with Crippen LogP contribution >= 0.6 is 0 Å². The molecule has 0 heterocycles. The Morgan fingerprint density at radius 1 is 1.05 bits per heavy atom. The summed E-state index contributed by atoms with van der Waals surface area (Å²) in [5, 5.41) is 2.97. The van der Waals surface area contributed by atoms with Gasteiger partial charge in [-0.05, 0) is 30.2 Å². The van der Waals surface area contributed by atoms with Crippen LogP contribution in [0.5, 0.6) is 0 Å². The summed E-state index contributed by atoms with van der Waals surface area (Å²) in [6.45, 7) is 1.93. The molecular weight excluding hydrogens is 275 g/mol. The molecular formula is C17H16F3N. The Kier molecular flexibility index (Phi) is 4.68. The lowest BCUT2D eigenvalue weighted by molar-refractivity contribution is -0.138. The van der Waals surface area contributed by atoms with E-state index in [2.05, 4.69) is 5.32 Å². The van der Waals surface area contributed by atoms with Gasteiger partial charge in [0.05, 0.1) is 5.56 Å². The molecule has 0 aliphatic heterocycles. The summed E-state index contributed by atoms with van der Waals surface area (Å²) in [6.07, 6.45) is -0.518. The second kappa shape index (κ2) is 6.48. The summed E-state index contributed by atoms with van der Waals surface area (Å²) in [6, 6.07) is 14.0. The van der Waals surface area contributed by atoms with E-state index in [-0.39, 0.29) is 5.56 Å². The molecule has 2 rings (SSSR count). The minimum atomic E-state index is -4.32. The fourth-order valence-electron chi connectivity index (χ4n) is 1.97. The number of rotatable bonds is 4. The lowest BCUT2D eigenvalue weighted by atomic mass is 10.1. The Bertz CT molecular complexity index is 616. The molecule has 0 amide bonds. The van der Waals surface area contributed by atoms with Gasteiger partial charge in [-0.1, -0.05) is 48.6 Å². The minimum Gasteiger partial charge on any atom is -0.382 e. The van der Waals surface area contributed by atoms with E-state index in [4.69, 9.17) is 0 Å². The zero-order valence-corrected chi connectivity index (χ0v) is 11.6. The summed E-state index contributed by atoms with van der Waals surface area (Å²) in [5.41, 5.74) is 1.15. The van der Waals surface area contributed by atoms with E-state index in [1.54, 1.807) is 6.07 Å². The maximum absolute atomic E-state index is 12.8. The van der Waals surface area contributed by atoms with Crippen LogP contribution in [0.3, 0.4) is 0 Å². The minimum absolute atomic E-state index is 0.230. The number of anilines is 1. The van der Waals surface area contributed by atoms with E-state index in [9.17, 15) is 13.2 Å². The van der Waals surface area contributed by atoms with Crippen LogP contribution in [0.15, 0.2) is 54.6 Å². The molecule has 0 aliphatic carbocycles. The molecule has 0 saturated heterocycles. The van der Waals surface area contributed by atoms with E-state index >= 15 is 0 Å². The van der Waals surface area contributed by atoms with E-state index in [1.807, 2.05) is 42.5 Å². The number of hydrogen-bond donors (Lipinski definition) is 1. The van der Waals surface area contributed by atoms with E-state index < -0.39 is 11.7 Å². The quantitative estimate of drug-likeness (QED) is 0.822. The molecule has 21 heavy (non-hydrogen) atoms. The van der Waals surface area contributed by atoms with Gasteiger partial charge in [0.15, 0.2) is 0 Å². The first kappa shape index (κ1) is 15.2. The highest BCUT2D eigenvalue weighted by Gasteiger charge is 2.32. The molecule has 4 heteroatoms. The SMILES string of the molecule is Cc1ccc(NCC=Cc2ccccc2)cc1C(F)(F)F. The molecule has 0 atom stereocenters. The zero-order chi connectivity index (χ0) is 15.3. The number of aryl methyl sites for hydroxylation is 1. The normalized spacial score (nSPS) is 11.8. The van der Waals surface area contributed by atoms with Crippen LogP contribution in [0, 0.1) is 6.92 Å². The molecule has 0 saturated carbocycles. The summed E-state index contributed by atoms with van der Waals surface area (Å²) in [5.74, 6) is 0. The lowest BCUT2D eigenvalue weighted by Gasteiger charge is -2.12. The predicted octanol–water partition coefficient (Wildman–Crippen LogP) is 5.14. The first-order chi connectivity index (χ1) is 9.97. The van der Waals surface area contributed by atoms with Gasteiger partial charge in [0.2, 0.25) is 0 Å². The first-order valence-electron chi connectivity index (χ1n) is 6.60. The maximum Gasteiger partial charge on any atom is 0.416 e. The van der Waals surface area contributed by atoms with Crippen molar-refractivity contribution in [1.29, 1.82) is 0 Å². The lowest BCUT2D eigenvalue weighted by Crippen LogP contribution is -2.08. The van der Waals surface area contributed by atoms with E-state index in [0.29, 0.717) is 12.2 Å². The second-order valence-electron chi connectivity index (χ2n) is 4.72. The molecule has 110 valence electrons. The fourth-order valence-corrected chi connectivity index (χ4v) is 1.97. The molecule has 2 aromatic carbocycles. The summed E-state index contributed by atoms with van der Waals surface area (Å²) >= 11 is 0. The van der Waals surface area contributed by atoms with Gasteiger partial charge in [-0.25, -0.2) is 0 Å². The van der Waals surface area contributed by atoms with Crippen LogP contribution in [0.2, 0.25) is 0 Å². The highest BCUT2D eigenvalue weighted by molar-refractivity contribution is 5.52. The van der Waals surface area contributed by atoms with Crippen LogP contribution in [0.1, 0.15) is 16.7 Å². The molecule has 0 radical (unpaired) electrons. The van der Waals surface area contributed by atoms with Crippen molar-refractivity contribution < 1.29 is 13.2 Å².